The van der Waals surface area contributed by atoms with E-state index in [1.54, 1.807) is 0 Å². The minimum absolute atomic E-state index is 0.0213. The summed E-state index contributed by atoms with van der Waals surface area (Å²) in [4.78, 5) is 24.6. The Morgan fingerprint density at radius 1 is 0.318 bits per heavy atom. The van der Waals surface area contributed by atoms with E-state index < -0.39 is 12.1 Å². The van der Waals surface area contributed by atoms with Gasteiger partial charge in [-0.2, -0.15) is 0 Å². The molecule has 0 aliphatic heterocycles. The number of carbonyl (C=O) groups excluding carboxylic acids is 2. The van der Waals surface area contributed by atoms with E-state index in [0.717, 1.165) is 44.9 Å². The molecule has 0 bridgehead atoms. The first-order chi connectivity index (χ1) is 43.5. The third-order valence-corrected chi connectivity index (χ3v) is 19.3. The number of carbonyl (C=O) groups is 2. The fraction of sp³-hybridized carbons (Fsp3) is 0.927. The summed E-state index contributed by atoms with van der Waals surface area (Å²) in [6.45, 7) is 5.01. The number of hydrogen-bond acceptors (Lipinski definition) is 5. The average Bonchev–Trinajstić information content (AvgIpc) is 3.59. The van der Waals surface area contributed by atoms with E-state index >= 15 is 0 Å². The molecule has 0 aromatic heterocycles. The number of aliphatic hydroxyl groups excluding tert-OH is 2. The summed E-state index contributed by atoms with van der Waals surface area (Å²) in [5.74, 6) is -0.00555. The van der Waals surface area contributed by atoms with Crippen molar-refractivity contribution in [3.8, 4) is 0 Å². The Bertz CT molecular complexity index is 1380. The molecule has 6 nitrogen and oxygen atoms in total. The van der Waals surface area contributed by atoms with Gasteiger partial charge in [0.2, 0.25) is 5.91 Å². The Kier molecular flexibility index (Phi) is 76.3. The number of aliphatic hydroxyl groups is 2. The van der Waals surface area contributed by atoms with Gasteiger partial charge in [-0.15, -0.1) is 0 Å². The first-order valence-electron chi connectivity index (χ1n) is 40.6. The number of ether oxygens (including phenoxy) is 1. The van der Waals surface area contributed by atoms with Gasteiger partial charge in [-0.25, -0.2) is 0 Å². The van der Waals surface area contributed by atoms with E-state index in [9.17, 15) is 19.8 Å². The SMILES string of the molecule is CCCCCCCCCCCCCCCCCCCCCCCC(O)C(CO)NC(=O)CCCCCCCCCCCCCCCCCCC/C=C\C/C=C\CCCCCCCCCCCCCCCOC(=O)CCCCCCCCCCCCCCC. The molecule has 0 aromatic carbocycles. The van der Waals surface area contributed by atoms with Gasteiger partial charge in [0.1, 0.15) is 0 Å². The maximum Gasteiger partial charge on any atom is 0.305 e. The van der Waals surface area contributed by atoms with Crippen molar-refractivity contribution >= 4 is 11.9 Å². The van der Waals surface area contributed by atoms with Gasteiger partial charge in [-0.05, 0) is 57.8 Å². The van der Waals surface area contributed by atoms with Gasteiger partial charge in [0, 0.05) is 12.8 Å². The smallest absolute Gasteiger partial charge is 0.305 e. The van der Waals surface area contributed by atoms with Crippen LogP contribution in [-0.4, -0.2) is 47.4 Å². The average molecular weight is 1240 g/mol. The Balaban J connectivity index is 3.36. The number of unbranched alkanes of at least 4 members (excludes halogenated alkanes) is 62. The molecule has 88 heavy (non-hydrogen) atoms. The fourth-order valence-electron chi connectivity index (χ4n) is 13.1. The highest BCUT2D eigenvalue weighted by molar-refractivity contribution is 5.76. The normalized spacial score (nSPS) is 12.5. The Labute approximate surface area is 551 Å². The highest BCUT2D eigenvalue weighted by atomic mass is 16.5. The molecule has 0 rings (SSSR count). The predicted octanol–water partition coefficient (Wildman–Crippen LogP) is 26.8. The second-order valence-corrected chi connectivity index (χ2v) is 28.1. The molecule has 0 saturated heterocycles. The van der Waals surface area contributed by atoms with E-state index in [1.807, 2.05) is 0 Å². The molecule has 0 spiro atoms. The molecule has 0 aliphatic carbocycles. The molecule has 2 atom stereocenters. The van der Waals surface area contributed by atoms with Gasteiger partial charge in [0.05, 0.1) is 25.4 Å². The van der Waals surface area contributed by atoms with E-state index in [0.29, 0.717) is 25.9 Å². The number of hydrogen-bond donors (Lipinski definition) is 3. The highest BCUT2D eigenvalue weighted by Gasteiger charge is 2.20. The molecule has 0 fully saturated rings. The standard InChI is InChI=1S/C82H159NO5/c1-3-5-7-9-11-13-15-17-18-19-20-38-41-44-47-51-54-58-62-66-70-74-80(85)79(78-84)83-81(86)75-71-67-63-59-55-52-48-45-42-39-36-34-32-30-28-26-24-22-21-23-25-27-29-31-33-35-37-40-43-46-49-53-57-61-65-69-73-77-88-82(87)76-72-68-64-60-56-50-16-14-12-10-8-6-4-2/h21,23,27,29,79-80,84-85H,3-20,22,24-26,28,30-78H2,1-2H3,(H,83,86)/b23-21-,29-27-. The number of amides is 1. The maximum absolute atomic E-state index is 12.6. The summed E-state index contributed by atoms with van der Waals surface area (Å²) in [5.41, 5.74) is 0. The lowest BCUT2D eigenvalue weighted by atomic mass is 10.0. The molecule has 0 aromatic rings. The summed E-state index contributed by atoms with van der Waals surface area (Å²) >= 11 is 0. The molecule has 0 radical (unpaired) electrons. The first kappa shape index (κ1) is 86.3. The van der Waals surface area contributed by atoms with Crippen LogP contribution in [0.3, 0.4) is 0 Å². The molecule has 0 heterocycles. The minimum Gasteiger partial charge on any atom is -0.466 e. The summed E-state index contributed by atoms with van der Waals surface area (Å²) < 4.78 is 5.49. The Morgan fingerprint density at radius 2 is 0.568 bits per heavy atom. The van der Waals surface area contributed by atoms with Gasteiger partial charge in [0.25, 0.3) is 0 Å². The van der Waals surface area contributed by atoms with Gasteiger partial charge in [0.15, 0.2) is 0 Å². The predicted molar refractivity (Wildman–Crippen MR) is 389 cm³/mol. The van der Waals surface area contributed by atoms with Gasteiger partial charge in [-0.3, -0.25) is 9.59 Å². The second-order valence-electron chi connectivity index (χ2n) is 28.1. The van der Waals surface area contributed by atoms with Crippen LogP contribution >= 0.6 is 0 Å². The number of allylic oxidation sites excluding steroid dienone is 4. The summed E-state index contributed by atoms with van der Waals surface area (Å²) in [5, 5.41) is 23.5. The van der Waals surface area contributed by atoms with Crippen molar-refractivity contribution in [2.45, 2.75) is 475 Å². The van der Waals surface area contributed by atoms with Gasteiger partial charge in [-0.1, -0.05) is 417 Å². The first-order valence-corrected chi connectivity index (χ1v) is 40.6. The lowest BCUT2D eigenvalue weighted by Crippen LogP contribution is -2.45. The maximum atomic E-state index is 12.6. The molecule has 2 unspecified atom stereocenters. The van der Waals surface area contributed by atoms with E-state index in [-0.39, 0.29) is 18.5 Å². The van der Waals surface area contributed by atoms with E-state index in [4.69, 9.17) is 4.74 Å². The molecular weight excluding hydrogens is 1080 g/mol. The third-order valence-electron chi connectivity index (χ3n) is 19.3. The second kappa shape index (κ2) is 77.8. The van der Waals surface area contributed by atoms with Gasteiger partial charge >= 0.3 is 5.97 Å². The van der Waals surface area contributed by atoms with Crippen LogP contribution in [0.2, 0.25) is 0 Å². The van der Waals surface area contributed by atoms with Crippen molar-refractivity contribution < 1.29 is 24.5 Å². The molecule has 0 aliphatic rings. The van der Waals surface area contributed by atoms with Crippen LogP contribution in [0.5, 0.6) is 0 Å². The zero-order valence-corrected chi connectivity index (χ0v) is 60.0. The van der Waals surface area contributed by atoms with Gasteiger partial charge < -0.3 is 20.3 Å². The molecule has 522 valence electrons. The topological polar surface area (TPSA) is 95.9 Å². The Hall–Kier alpha value is -1.66. The van der Waals surface area contributed by atoms with Crippen LogP contribution in [0, 0.1) is 0 Å². The van der Waals surface area contributed by atoms with E-state index in [1.165, 1.54) is 385 Å². The third kappa shape index (κ3) is 73.4. The quantitative estimate of drug-likeness (QED) is 0.0320. The monoisotopic (exact) mass is 1240 g/mol. The van der Waals surface area contributed by atoms with Crippen LogP contribution in [0.4, 0.5) is 0 Å². The number of rotatable bonds is 77. The van der Waals surface area contributed by atoms with Crippen molar-refractivity contribution in [1.29, 1.82) is 0 Å². The van der Waals surface area contributed by atoms with Crippen molar-refractivity contribution in [2.75, 3.05) is 13.2 Å². The van der Waals surface area contributed by atoms with E-state index in [2.05, 4.69) is 43.5 Å². The van der Waals surface area contributed by atoms with Crippen LogP contribution in [0.15, 0.2) is 24.3 Å². The summed E-state index contributed by atoms with van der Waals surface area (Å²) in [7, 11) is 0. The molecule has 1 amide bonds. The van der Waals surface area contributed by atoms with Crippen LogP contribution < -0.4 is 5.32 Å². The van der Waals surface area contributed by atoms with Crippen molar-refractivity contribution in [2.24, 2.45) is 0 Å². The molecule has 6 heteroatoms. The zero-order valence-electron chi connectivity index (χ0n) is 60.0. The molecular formula is C82H159NO5. The summed E-state index contributed by atoms with van der Waals surface area (Å²) in [6.07, 6.45) is 100.0. The Morgan fingerprint density at radius 3 is 0.864 bits per heavy atom. The highest BCUT2D eigenvalue weighted by Crippen LogP contribution is 2.20. The molecule has 0 saturated carbocycles. The van der Waals surface area contributed by atoms with Crippen LogP contribution in [0.1, 0.15) is 463 Å². The summed E-state index contributed by atoms with van der Waals surface area (Å²) in [6, 6.07) is -0.540. The van der Waals surface area contributed by atoms with Crippen molar-refractivity contribution in [3.05, 3.63) is 24.3 Å². The van der Waals surface area contributed by atoms with Crippen molar-refractivity contribution in [3.63, 3.8) is 0 Å². The largest absolute Gasteiger partial charge is 0.466 e. The number of nitrogens with one attached hydrogen (secondary N) is 1. The van der Waals surface area contributed by atoms with Crippen LogP contribution in [-0.2, 0) is 14.3 Å². The van der Waals surface area contributed by atoms with Crippen LogP contribution in [0.25, 0.3) is 0 Å². The van der Waals surface area contributed by atoms with Crippen molar-refractivity contribution in [1.82, 2.24) is 5.32 Å². The minimum atomic E-state index is -0.663. The zero-order chi connectivity index (χ0) is 63.5. The lowest BCUT2D eigenvalue weighted by molar-refractivity contribution is -0.143. The fourth-order valence-corrected chi connectivity index (χ4v) is 13.1. The number of esters is 1. The lowest BCUT2D eigenvalue weighted by Gasteiger charge is -2.22. The molecule has 3 N–H and O–H groups in total.